The van der Waals surface area contributed by atoms with Crippen molar-refractivity contribution in [3.8, 4) is 11.5 Å². The van der Waals surface area contributed by atoms with Crippen LogP contribution in [-0.4, -0.2) is 19.1 Å². The topological polar surface area (TPSA) is 47.6 Å². The molecule has 0 fully saturated rings. The smallest absolute Gasteiger partial charge is 0.220 e. The molecule has 1 aliphatic heterocycles. The molecule has 2 aromatic carbocycles. The molecule has 1 unspecified atom stereocenters. The first-order valence-electron chi connectivity index (χ1n) is 8.16. The fourth-order valence-corrected chi connectivity index (χ4v) is 3.00. The molecule has 2 aromatic rings. The Balaban J connectivity index is 1.56. The zero-order chi connectivity index (χ0) is 17.8. The Morgan fingerprint density at radius 2 is 1.84 bits per heavy atom. The number of fused-ring (bicyclic) bond motifs is 1. The van der Waals surface area contributed by atoms with Crippen LogP contribution in [-0.2, 0) is 11.2 Å². The van der Waals surface area contributed by atoms with Crippen molar-refractivity contribution in [2.75, 3.05) is 13.2 Å². The molecule has 0 aromatic heterocycles. The van der Waals surface area contributed by atoms with Crippen LogP contribution in [0.4, 0.5) is 0 Å². The SMILES string of the molecule is CC(NC(=O)CCc1ccc(Cl)c(Cl)c1)c1ccc2c(c1)OCCO2. The van der Waals surface area contributed by atoms with Crippen molar-refractivity contribution in [1.29, 1.82) is 0 Å². The van der Waals surface area contributed by atoms with Crippen molar-refractivity contribution in [3.63, 3.8) is 0 Å². The van der Waals surface area contributed by atoms with Crippen LogP contribution in [0, 0.1) is 0 Å². The summed E-state index contributed by atoms with van der Waals surface area (Å²) in [6.07, 6.45) is 0.990. The van der Waals surface area contributed by atoms with E-state index in [0.29, 0.717) is 36.1 Å². The molecule has 1 N–H and O–H groups in total. The standard InChI is InChI=1S/C19H19Cl2NO3/c1-12(14-4-6-17-18(11-14)25-9-8-24-17)22-19(23)7-3-13-2-5-15(20)16(21)10-13/h2,4-6,10-12H,3,7-9H2,1H3,(H,22,23). The zero-order valence-electron chi connectivity index (χ0n) is 13.9. The summed E-state index contributed by atoms with van der Waals surface area (Å²) >= 11 is 11.9. The van der Waals surface area contributed by atoms with Gasteiger partial charge in [-0.1, -0.05) is 35.3 Å². The molecule has 6 heteroatoms. The number of amides is 1. The van der Waals surface area contributed by atoms with Crippen molar-refractivity contribution in [2.24, 2.45) is 0 Å². The number of rotatable bonds is 5. The molecule has 1 heterocycles. The van der Waals surface area contributed by atoms with Gasteiger partial charge in [-0.2, -0.15) is 0 Å². The summed E-state index contributed by atoms with van der Waals surface area (Å²) in [4.78, 5) is 12.2. The number of hydrogen-bond acceptors (Lipinski definition) is 3. The molecule has 0 saturated carbocycles. The van der Waals surface area contributed by atoms with Crippen LogP contribution >= 0.6 is 23.2 Å². The van der Waals surface area contributed by atoms with E-state index >= 15 is 0 Å². The molecule has 25 heavy (non-hydrogen) atoms. The molecule has 0 aliphatic carbocycles. The minimum atomic E-state index is -0.114. The van der Waals surface area contributed by atoms with Gasteiger partial charge in [0.25, 0.3) is 0 Å². The van der Waals surface area contributed by atoms with Gasteiger partial charge >= 0.3 is 0 Å². The van der Waals surface area contributed by atoms with Crippen molar-refractivity contribution >= 4 is 29.1 Å². The highest BCUT2D eigenvalue weighted by molar-refractivity contribution is 6.42. The van der Waals surface area contributed by atoms with Crippen LogP contribution in [0.15, 0.2) is 36.4 Å². The van der Waals surface area contributed by atoms with Crippen LogP contribution in [0.5, 0.6) is 11.5 Å². The molecule has 0 radical (unpaired) electrons. The summed E-state index contributed by atoms with van der Waals surface area (Å²) in [6, 6.07) is 11.0. The van der Waals surface area contributed by atoms with Crippen molar-refractivity contribution in [3.05, 3.63) is 57.6 Å². The first-order chi connectivity index (χ1) is 12.0. The van der Waals surface area contributed by atoms with E-state index in [4.69, 9.17) is 32.7 Å². The number of carbonyl (C=O) groups is 1. The maximum absolute atomic E-state index is 12.2. The number of carbonyl (C=O) groups excluding carboxylic acids is 1. The number of aryl methyl sites for hydroxylation is 1. The number of benzene rings is 2. The molecule has 0 bridgehead atoms. The highest BCUT2D eigenvalue weighted by atomic mass is 35.5. The Labute approximate surface area is 157 Å². The highest BCUT2D eigenvalue weighted by Gasteiger charge is 2.15. The van der Waals surface area contributed by atoms with E-state index in [1.807, 2.05) is 31.2 Å². The van der Waals surface area contributed by atoms with Gasteiger partial charge in [-0.15, -0.1) is 0 Å². The molecule has 1 amide bonds. The van der Waals surface area contributed by atoms with Crippen LogP contribution in [0.3, 0.4) is 0 Å². The highest BCUT2D eigenvalue weighted by Crippen LogP contribution is 2.32. The molecule has 1 atom stereocenters. The number of hydrogen-bond donors (Lipinski definition) is 1. The minimum Gasteiger partial charge on any atom is -0.486 e. The van der Waals surface area contributed by atoms with Gasteiger partial charge < -0.3 is 14.8 Å². The Bertz CT molecular complexity index is 779. The fraction of sp³-hybridized carbons (Fsp3) is 0.316. The lowest BCUT2D eigenvalue weighted by atomic mass is 10.1. The second-order valence-electron chi connectivity index (χ2n) is 5.94. The van der Waals surface area contributed by atoms with E-state index < -0.39 is 0 Å². The molecule has 0 spiro atoms. The number of halogens is 2. The number of nitrogens with one attached hydrogen (secondary N) is 1. The Morgan fingerprint density at radius 3 is 2.60 bits per heavy atom. The zero-order valence-corrected chi connectivity index (χ0v) is 15.4. The normalized spacial score (nSPS) is 14.0. The van der Waals surface area contributed by atoms with Crippen LogP contribution in [0.2, 0.25) is 10.0 Å². The quantitative estimate of drug-likeness (QED) is 0.827. The van der Waals surface area contributed by atoms with Gasteiger partial charge in [-0.3, -0.25) is 4.79 Å². The average Bonchev–Trinajstić information content (AvgIpc) is 2.62. The summed E-state index contributed by atoms with van der Waals surface area (Å²) in [7, 11) is 0. The average molecular weight is 380 g/mol. The fourth-order valence-electron chi connectivity index (χ4n) is 2.68. The third kappa shape index (κ3) is 4.59. The Hall–Kier alpha value is -1.91. The first kappa shape index (κ1) is 17.9. The largest absolute Gasteiger partial charge is 0.486 e. The summed E-state index contributed by atoms with van der Waals surface area (Å²) in [5, 5.41) is 4.02. The van der Waals surface area contributed by atoms with Crippen LogP contribution < -0.4 is 14.8 Å². The van der Waals surface area contributed by atoms with E-state index in [9.17, 15) is 4.79 Å². The van der Waals surface area contributed by atoms with E-state index in [2.05, 4.69) is 5.32 Å². The van der Waals surface area contributed by atoms with Gasteiger partial charge in [0, 0.05) is 6.42 Å². The third-order valence-corrected chi connectivity index (χ3v) is 4.81. The monoisotopic (exact) mass is 379 g/mol. The minimum absolute atomic E-state index is 0.0199. The molecular formula is C19H19Cl2NO3. The van der Waals surface area contributed by atoms with Crippen LogP contribution in [0.1, 0.15) is 30.5 Å². The lowest BCUT2D eigenvalue weighted by molar-refractivity contribution is -0.121. The molecule has 0 saturated heterocycles. The molecule has 3 rings (SSSR count). The maximum Gasteiger partial charge on any atom is 0.220 e. The van der Waals surface area contributed by atoms with E-state index in [1.165, 1.54) is 0 Å². The summed E-state index contributed by atoms with van der Waals surface area (Å²) in [5.41, 5.74) is 1.96. The molecule has 4 nitrogen and oxygen atoms in total. The predicted molar refractivity (Wildman–Crippen MR) is 98.8 cm³/mol. The summed E-state index contributed by atoms with van der Waals surface area (Å²) in [5.74, 6) is 1.45. The lowest BCUT2D eigenvalue weighted by Crippen LogP contribution is -2.27. The second-order valence-corrected chi connectivity index (χ2v) is 6.76. The van der Waals surface area contributed by atoms with Gasteiger partial charge in [0.1, 0.15) is 13.2 Å². The van der Waals surface area contributed by atoms with E-state index in [1.54, 1.807) is 12.1 Å². The van der Waals surface area contributed by atoms with Crippen molar-refractivity contribution in [2.45, 2.75) is 25.8 Å². The third-order valence-electron chi connectivity index (χ3n) is 4.07. The maximum atomic E-state index is 12.2. The lowest BCUT2D eigenvalue weighted by Gasteiger charge is -2.21. The van der Waals surface area contributed by atoms with Gasteiger partial charge in [0.05, 0.1) is 16.1 Å². The van der Waals surface area contributed by atoms with E-state index in [0.717, 1.165) is 22.6 Å². The van der Waals surface area contributed by atoms with E-state index in [-0.39, 0.29) is 11.9 Å². The summed E-state index contributed by atoms with van der Waals surface area (Å²) < 4.78 is 11.1. The van der Waals surface area contributed by atoms with Crippen LogP contribution in [0.25, 0.3) is 0 Å². The molecule has 1 aliphatic rings. The molecule has 132 valence electrons. The predicted octanol–water partition coefficient (Wildman–Crippen LogP) is 4.57. The first-order valence-corrected chi connectivity index (χ1v) is 8.91. The number of ether oxygens (including phenoxy) is 2. The van der Waals surface area contributed by atoms with Gasteiger partial charge in [-0.25, -0.2) is 0 Å². The van der Waals surface area contributed by atoms with Crippen molar-refractivity contribution in [1.82, 2.24) is 5.32 Å². The van der Waals surface area contributed by atoms with Gasteiger partial charge in [0.2, 0.25) is 5.91 Å². The Kier molecular flexibility index (Phi) is 5.71. The van der Waals surface area contributed by atoms with Gasteiger partial charge in [-0.05, 0) is 48.7 Å². The summed E-state index contributed by atoms with van der Waals surface area (Å²) in [6.45, 7) is 3.05. The molecular weight excluding hydrogens is 361 g/mol. The second kappa shape index (κ2) is 7.98. The Morgan fingerprint density at radius 1 is 1.08 bits per heavy atom. The van der Waals surface area contributed by atoms with Gasteiger partial charge in [0.15, 0.2) is 11.5 Å². The van der Waals surface area contributed by atoms with Crippen molar-refractivity contribution < 1.29 is 14.3 Å².